The van der Waals surface area contributed by atoms with Gasteiger partial charge < -0.3 is 28.8 Å². The van der Waals surface area contributed by atoms with E-state index in [0.717, 1.165) is 12.8 Å². The Morgan fingerprint density at radius 3 is 2.04 bits per heavy atom. The van der Waals surface area contributed by atoms with Crippen molar-refractivity contribution in [1.29, 1.82) is 0 Å². The molecule has 0 aromatic carbocycles. The second kappa shape index (κ2) is 8.98. The number of phosphoric ester groups is 1. The lowest BCUT2D eigenvalue weighted by Gasteiger charge is -2.38. The van der Waals surface area contributed by atoms with Crippen LogP contribution in [0.5, 0.6) is 0 Å². The number of ether oxygens (including phenoxy) is 1. The SMILES string of the molecule is CC1CC([C@@H]2O[C@H](COP(=O)([O-])OP(=O)([O-])OP(=O)([O-])O)C(C)[C@@H]2C)C1.F. The molecule has 2 fully saturated rings. The highest BCUT2D eigenvalue weighted by atomic mass is 31.3. The molecule has 1 saturated carbocycles. The summed E-state index contributed by atoms with van der Waals surface area (Å²) in [5.41, 5.74) is 0. The molecule has 1 saturated heterocycles. The zero-order valence-electron chi connectivity index (χ0n) is 14.9. The highest BCUT2D eigenvalue weighted by Crippen LogP contribution is 2.61. The number of hydrogen-bond acceptors (Lipinski definition) is 10. The van der Waals surface area contributed by atoms with Gasteiger partial charge in [0.05, 0.1) is 18.8 Å². The van der Waals surface area contributed by atoms with E-state index in [0.29, 0.717) is 11.8 Å². The maximum absolute atomic E-state index is 11.6. The van der Waals surface area contributed by atoms with Crippen molar-refractivity contribution in [2.24, 2.45) is 23.7 Å². The molecule has 27 heavy (non-hydrogen) atoms. The first kappa shape index (κ1) is 25.3. The van der Waals surface area contributed by atoms with Gasteiger partial charge in [-0.15, -0.1) is 0 Å². The van der Waals surface area contributed by atoms with Gasteiger partial charge in [-0.05, 0) is 36.5 Å². The number of hydrogen-bond donors (Lipinski definition) is 1. The molecule has 7 atom stereocenters. The Hall–Kier alpha value is 0.300. The van der Waals surface area contributed by atoms with Crippen LogP contribution in [-0.4, -0.2) is 23.7 Å². The third kappa shape index (κ3) is 7.24. The van der Waals surface area contributed by atoms with Crippen LogP contribution in [0, 0.1) is 23.7 Å². The van der Waals surface area contributed by atoms with Gasteiger partial charge in [-0.2, -0.15) is 0 Å². The average Bonchev–Trinajstić information content (AvgIpc) is 2.65. The Morgan fingerprint density at radius 1 is 1.00 bits per heavy atom. The fraction of sp³-hybridized carbons (Fsp3) is 1.00. The molecule has 0 aromatic heterocycles. The molecule has 1 heterocycles. The summed E-state index contributed by atoms with van der Waals surface area (Å²) in [6.07, 6.45) is 1.44. The fourth-order valence-corrected chi connectivity index (χ4v) is 6.40. The van der Waals surface area contributed by atoms with E-state index in [2.05, 4.69) is 20.1 Å². The van der Waals surface area contributed by atoms with Crippen molar-refractivity contribution in [2.75, 3.05) is 6.61 Å². The molecule has 1 N–H and O–H groups in total. The van der Waals surface area contributed by atoms with Crippen molar-refractivity contribution >= 4 is 23.5 Å². The van der Waals surface area contributed by atoms with Crippen molar-refractivity contribution in [3.05, 3.63) is 0 Å². The molecule has 2 rings (SSSR count). The zero-order chi connectivity index (χ0) is 19.9. The normalized spacial score (nSPS) is 40.1. The van der Waals surface area contributed by atoms with Gasteiger partial charge in [-0.3, -0.25) is 18.4 Å². The van der Waals surface area contributed by atoms with Crippen LogP contribution in [-0.2, 0) is 31.6 Å². The predicted molar refractivity (Wildman–Crippen MR) is 84.5 cm³/mol. The Morgan fingerprint density at radius 2 is 1.56 bits per heavy atom. The average molecular weight is 455 g/mol. The molecule has 1 aliphatic heterocycles. The molecular weight excluding hydrogens is 432 g/mol. The molecule has 4 unspecified atom stereocenters. The summed E-state index contributed by atoms with van der Waals surface area (Å²) < 4.78 is 50.4. The first-order valence-electron chi connectivity index (χ1n) is 8.08. The monoisotopic (exact) mass is 455 g/mol. The van der Waals surface area contributed by atoms with Crippen molar-refractivity contribution in [1.82, 2.24) is 0 Å². The standard InChI is InChI=1S/C12H25O11P3.FH/c1-7-4-10(5-7)12-9(3)8(2)11(21-12)6-20-25(16,17)23-26(18,19)22-24(13,14)15;/h7-12H,4-6H2,1-3H3,(H,16,17)(H,18,19)(H2,13,14,15);1H/p-3/t7?,8?,9-,10?,11+,12+;/m0./s1. The molecule has 0 amide bonds. The summed E-state index contributed by atoms with van der Waals surface area (Å²) in [6.45, 7) is 5.53. The van der Waals surface area contributed by atoms with Crippen LogP contribution in [0.15, 0.2) is 0 Å². The molecule has 1 aliphatic carbocycles. The van der Waals surface area contributed by atoms with Crippen molar-refractivity contribution < 1.29 is 55.9 Å². The van der Waals surface area contributed by atoms with Gasteiger partial charge in [-0.1, -0.05) is 20.8 Å². The zero-order valence-corrected chi connectivity index (χ0v) is 17.5. The molecule has 0 spiro atoms. The molecule has 15 heteroatoms. The van der Waals surface area contributed by atoms with Gasteiger partial charge in [-0.25, -0.2) is 8.62 Å². The summed E-state index contributed by atoms with van der Waals surface area (Å²) in [6, 6.07) is 0. The van der Waals surface area contributed by atoms with E-state index in [-0.39, 0.29) is 22.6 Å². The fourth-order valence-electron chi connectivity index (χ4n) is 3.50. The number of phosphoric acid groups is 3. The summed E-state index contributed by atoms with van der Waals surface area (Å²) in [7, 11) is -17.1. The highest BCUT2D eigenvalue weighted by molar-refractivity contribution is 7.65. The van der Waals surface area contributed by atoms with Crippen LogP contribution < -0.4 is 14.7 Å². The molecule has 2 aliphatic rings. The van der Waals surface area contributed by atoms with Crippen molar-refractivity contribution in [3.8, 4) is 0 Å². The van der Waals surface area contributed by atoms with E-state index >= 15 is 0 Å². The van der Waals surface area contributed by atoms with Gasteiger partial charge in [0, 0.05) is 0 Å². The molecule has 162 valence electrons. The van der Waals surface area contributed by atoms with Gasteiger partial charge in [0.2, 0.25) is 0 Å². The lowest BCUT2D eigenvalue weighted by Crippen LogP contribution is -2.35. The van der Waals surface area contributed by atoms with Gasteiger partial charge in [0.1, 0.15) is 0 Å². The summed E-state index contributed by atoms with van der Waals surface area (Å²) in [5, 5.41) is 0. The summed E-state index contributed by atoms with van der Waals surface area (Å²) in [4.78, 5) is 41.5. The number of rotatable bonds is 8. The van der Waals surface area contributed by atoms with Crippen LogP contribution in [0.2, 0.25) is 0 Å². The second-order valence-electron chi connectivity index (χ2n) is 7.02. The molecule has 0 aromatic rings. The number of halogens is 1. The lowest BCUT2D eigenvalue weighted by molar-refractivity contribution is -0.250. The Labute approximate surface area is 156 Å². The molecule has 0 bridgehead atoms. The summed E-state index contributed by atoms with van der Waals surface area (Å²) in [5.74, 6) is 1.16. The first-order chi connectivity index (χ1) is 11.7. The predicted octanol–water partition coefficient (Wildman–Crippen LogP) is 0.672. The largest absolute Gasteiger partial charge is 0.756 e. The van der Waals surface area contributed by atoms with Crippen LogP contribution >= 0.6 is 23.5 Å². The van der Waals surface area contributed by atoms with Crippen LogP contribution in [0.25, 0.3) is 0 Å². The van der Waals surface area contributed by atoms with Crippen molar-refractivity contribution in [3.63, 3.8) is 0 Å². The van der Waals surface area contributed by atoms with Gasteiger partial charge in [0.25, 0.3) is 23.5 Å². The quantitative estimate of drug-likeness (QED) is 0.509. The Bertz CT molecular complexity index is 649. The van der Waals surface area contributed by atoms with E-state index in [1.165, 1.54) is 0 Å². The van der Waals surface area contributed by atoms with Crippen LogP contribution in [0.4, 0.5) is 4.70 Å². The van der Waals surface area contributed by atoms with E-state index in [4.69, 9.17) is 9.63 Å². The third-order valence-electron chi connectivity index (χ3n) is 4.94. The van der Waals surface area contributed by atoms with E-state index in [1.807, 2.05) is 13.8 Å². The van der Waals surface area contributed by atoms with Crippen LogP contribution in [0.3, 0.4) is 0 Å². The van der Waals surface area contributed by atoms with E-state index in [1.54, 1.807) is 0 Å². The van der Waals surface area contributed by atoms with Gasteiger partial charge in [0.15, 0.2) is 0 Å². The minimum absolute atomic E-state index is 0. The van der Waals surface area contributed by atoms with Crippen LogP contribution in [0.1, 0.15) is 33.6 Å². The van der Waals surface area contributed by atoms with Crippen molar-refractivity contribution in [2.45, 2.75) is 45.8 Å². The lowest BCUT2D eigenvalue weighted by atomic mass is 9.69. The minimum atomic E-state index is -5.87. The maximum atomic E-state index is 11.6. The Balaban J connectivity index is 0.00000364. The molecular formula is C12H23FO11P3-3. The Kier molecular flexibility index (Phi) is 8.43. The van der Waals surface area contributed by atoms with E-state index < -0.39 is 36.2 Å². The molecule has 11 nitrogen and oxygen atoms in total. The summed E-state index contributed by atoms with van der Waals surface area (Å²) >= 11 is 0. The smallest absolute Gasteiger partial charge is 0.280 e. The highest BCUT2D eigenvalue weighted by Gasteiger charge is 2.46. The second-order valence-corrected chi connectivity index (χ2v) is 11.3. The van der Waals surface area contributed by atoms with E-state index in [9.17, 15) is 28.4 Å². The maximum Gasteiger partial charge on any atom is 0.280 e. The third-order valence-corrected chi connectivity index (χ3v) is 8.63. The molecule has 0 radical (unpaired) electrons. The van der Waals surface area contributed by atoms with Gasteiger partial charge >= 0.3 is 0 Å². The minimum Gasteiger partial charge on any atom is -0.756 e. The topological polar surface area (TPSA) is 178 Å². The first-order valence-corrected chi connectivity index (χ1v) is 12.5.